The molecule has 1 N–H and O–H groups in total. The molecule has 6 rings (SSSR count). The van der Waals surface area contributed by atoms with Gasteiger partial charge in [-0.05, 0) is 49.0 Å². The molecule has 160 valence electrons. The third-order valence-electron chi connectivity index (χ3n) is 6.56. The first kappa shape index (κ1) is 19.5. The molecule has 1 fully saturated rings. The fourth-order valence-corrected chi connectivity index (χ4v) is 5.84. The van der Waals surface area contributed by atoms with Gasteiger partial charge in [-0.1, -0.05) is 48.5 Å². The molecule has 1 saturated heterocycles. The maximum Gasteiger partial charge on any atom is 0.259 e. The summed E-state index contributed by atoms with van der Waals surface area (Å²) < 4.78 is 1.73. The van der Waals surface area contributed by atoms with Crippen LogP contribution in [0.2, 0.25) is 0 Å². The van der Waals surface area contributed by atoms with Crippen LogP contribution in [0, 0.1) is 0 Å². The molecular formula is C26H24N4OS. The number of aromatic nitrogens is 3. The third-order valence-corrected chi connectivity index (χ3v) is 7.39. The van der Waals surface area contributed by atoms with Gasteiger partial charge in [-0.25, -0.2) is 4.98 Å². The number of para-hydroxylation sites is 1. The highest BCUT2D eigenvalue weighted by molar-refractivity contribution is 7.15. The van der Waals surface area contributed by atoms with E-state index in [0.717, 1.165) is 54.4 Å². The molecule has 5 nitrogen and oxygen atoms in total. The molecule has 0 unspecified atom stereocenters. The second-order valence-corrected chi connectivity index (χ2v) is 9.37. The average Bonchev–Trinajstić information content (AvgIpc) is 3.45. The Morgan fingerprint density at radius 1 is 1.03 bits per heavy atom. The van der Waals surface area contributed by atoms with E-state index >= 15 is 0 Å². The number of H-pyrrole nitrogens is 1. The number of fused-ring (bicyclic) bond motifs is 2. The summed E-state index contributed by atoms with van der Waals surface area (Å²) in [6.45, 7) is 2.76. The Balaban J connectivity index is 1.19. The summed E-state index contributed by atoms with van der Waals surface area (Å²) >= 11 is 1.53. The van der Waals surface area contributed by atoms with Crippen LogP contribution in [0.25, 0.3) is 27.1 Å². The van der Waals surface area contributed by atoms with E-state index < -0.39 is 0 Å². The second kappa shape index (κ2) is 8.04. The quantitative estimate of drug-likeness (QED) is 0.413. The van der Waals surface area contributed by atoms with Crippen LogP contribution in [0.3, 0.4) is 0 Å². The number of nitrogens with zero attached hydrogens (tertiary/aromatic N) is 3. The molecule has 1 aliphatic rings. The van der Waals surface area contributed by atoms with Crippen molar-refractivity contribution in [2.75, 3.05) is 13.1 Å². The van der Waals surface area contributed by atoms with E-state index in [1.807, 2.05) is 35.7 Å². The number of hydrogen-bond acceptors (Lipinski definition) is 4. The smallest absolute Gasteiger partial charge is 0.259 e. The van der Waals surface area contributed by atoms with Crippen molar-refractivity contribution in [1.82, 2.24) is 19.3 Å². The molecule has 0 atom stereocenters. The fraction of sp³-hybridized carbons (Fsp3) is 0.231. The van der Waals surface area contributed by atoms with Crippen LogP contribution < -0.4 is 5.56 Å². The lowest BCUT2D eigenvalue weighted by molar-refractivity contribution is 0.203. The first-order valence-electron chi connectivity index (χ1n) is 11.1. The lowest BCUT2D eigenvalue weighted by Gasteiger charge is -2.31. The van der Waals surface area contributed by atoms with E-state index in [1.54, 1.807) is 10.5 Å². The molecule has 3 aromatic heterocycles. The van der Waals surface area contributed by atoms with Crippen molar-refractivity contribution in [3.8, 4) is 11.3 Å². The van der Waals surface area contributed by atoms with E-state index in [1.165, 1.54) is 27.8 Å². The molecule has 0 bridgehead atoms. The Labute approximate surface area is 190 Å². The number of piperidine rings is 1. The molecule has 2 aromatic carbocycles. The van der Waals surface area contributed by atoms with E-state index in [2.05, 4.69) is 40.3 Å². The van der Waals surface area contributed by atoms with Crippen LogP contribution >= 0.6 is 11.3 Å². The second-order valence-electron chi connectivity index (χ2n) is 8.53. The zero-order valence-electron chi connectivity index (χ0n) is 17.7. The lowest BCUT2D eigenvalue weighted by Crippen LogP contribution is -2.33. The predicted molar refractivity (Wildman–Crippen MR) is 130 cm³/mol. The summed E-state index contributed by atoms with van der Waals surface area (Å²) in [4.78, 5) is 24.4. The first-order valence-corrected chi connectivity index (χ1v) is 12.0. The Morgan fingerprint density at radius 3 is 2.66 bits per heavy atom. The fourth-order valence-electron chi connectivity index (χ4n) is 4.92. The van der Waals surface area contributed by atoms with Crippen molar-refractivity contribution in [2.45, 2.75) is 25.3 Å². The number of aromatic amines is 1. The summed E-state index contributed by atoms with van der Waals surface area (Å²) in [7, 11) is 0. The van der Waals surface area contributed by atoms with Crippen molar-refractivity contribution in [2.24, 2.45) is 0 Å². The van der Waals surface area contributed by atoms with Gasteiger partial charge in [0.05, 0.1) is 11.4 Å². The van der Waals surface area contributed by atoms with Gasteiger partial charge < -0.3 is 4.98 Å². The van der Waals surface area contributed by atoms with Crippen molar-refractivity contribution >= 4 is 27.2 Å². The number of thiazole rings is 1. The number of likely N-dealkylation sites (tertiary alicyclic amines) is 1. The van der Waals surface area contributed by atoms with Crippen molar-refractivity contribution in [1.29, 1.82) is 0 Å². The van der Waals surface area contributed by atoms with Crippen molar-refractivity contribution < 1.29 is 0 Å². The van der Waals surface area contributed by atoms with Crippen molar-refractivity contribution in [3.05, 3.63) is 93.9 Å². The molecule has 0 spiro atoms. The minimum absolute atomic E-state index is 0.00113. The third kappa shape index (κ3) is 3.45. The average molecular weight is 441 g/mol. The van der Waals surface area contributed by atoms with Crippen LogP contribution in [-0.4, -0.2) is 32.4 Å². The molecule has 0 radical (unpaired) electrons. The van der Waals surface area contributed by atoms with E-state index in [9.17, 15) is 4.79 Å². The van der Waals surface area contributed by atoms with Crippen LogP contribution in [0.1, 0.15) is 30.0 Å². The van der Waals surface area contributed by atoms with Gasteiger partial charge >= 0.3 is 0 Å². The van der Waals surface area contributed by atoms with E-state index in [4.69, 9.17) is 4.98 Å². The Bertz CT molecular complexity index is 1440. The van der Waals surface area contributed by atoms with Gasteiger partial charge in [0, 0.05) is 35.1 Å². The van der Waals surface area contributed by atoms with Crippen LogP contribution in [0.5, 0.6) is 0 Å². The van der Waals surface area contributed by atoms with Crippen LogP contribution in [0.4, 0.5) is 0 Å². The highest BCUT2D eigenvalue weighted by Crippen LogP contribution is 2.33. The molecular weight excluding hydrogens is 416 g/mol. The van der Waals surface area contributed by atoms with Gasteiger partial charge in [0.15, 0.2) is 4.96 Å². The molecule has 32 heavy (non-hydrogen) atoms. The molecule has 6 heteroatoms. The normalized spacial score (nSPS) is 15.6. The first-order chi connectivity index (χ1) is 15.8. The summed E-state index contributed by atoms with van der Waals surface area (Å²) in [5, 5.41) is 3.37. The molecule has 1 aliphatic heterocycles. The predicted octanol–water partition coefficient (Wildman–Crippen LogP) is 5.28. The molecule has 0 amide bonds. The SMILES string of the molecule is O=c1cc(CN2CCC(c3c[nH]c4ccccc34)CC2)nc2scc(-c3ccccc3)n12. The number of benzene rings is 2. The zero-order valence-corrected chi connectivity index (χ0v) is 18.5. The van der Waals surface area contributed by atoms with E-state index in [-0.39, 0.29) is 5.56 Å². The van der Waals surface area contributed by atoms with Gasteiger partial charge in [0.2, 0.25) is 0 Å². The minimum Gasteiger partial charge on any atom is -0.361 e. The summed E-state index contributed by atoms with van der Waals surface area (Å²) in [5.74, 6) is 0.578. The van der Waals surface area contributed by atoms with Crippen LogP contribution in [-0.2, 0) is 6.54 Å². The summed E-state index contributed by atoms with van der Waals surface area (Å²) in [6.07, 6.45) is 4.43. The Kier molecular flexibility index (Phi) is 4.89. The Morgan fingerprint density at radius 2 is 1.81 bits per heavy atom. The maximum atomic E-state index is 12.9. The monoisotopic (exact) mass is 440 g/mol. The summed E-state index contributed by atoms with van der Waals surface area (Å²) in [5.41, 5.74) is 5.46. The topological polar surface area (TPSA) is 53.4 Å². The molecule has 0 saturated carbocycles. The standard InChI is InChI=1S/C26H24N4OS/c31-25-14-20(28-26-30(25)24(17-32-26)19-6-2-1-3-7-19)16-29-12-10-18(11-13-29)22-15-27-23-9-5-4-8-21(22)23/h1-9,14-15,17-18,27H,10-13,16H2. The number of nitrogens with one attached hydrogen (secondary N) is 1. The lowest BCUT2D eigenvalue weighted by atomic mass is 9.89. The van der Waals surface area contributed by atoms with Crippen LogP contribution in [0.15, 0.2) is 77.0 Å². The zero-order chi connectivity index (χ0) is 21.5. The summed E-state index contributed by atoms with van der Waals surface area (Å²) in [6, 6.07) is 20.3. The number of rotatable bonds is 4. The van der Waals surface area contributed by atoms with Gasteiger partial charge in [0.25, 0.3) is 5.56 Å². The largest absolute Gasteiger partial charge is 0.361 e. The minimum atomic E-state index is -0.00113. The van der Waals surface area contributed by atoms with Gasteiger partial charge in [-0.15, -0.1) is 11.3 Å². The number of hydrogen-bond donors (Lipinski definition) is 1. The van der Waals surface area contributed by atoms with Gasteiger partial charge in [0.1, 0.15) is 0 Å². The maximum absolute atomic E-state index is 12.9. The molecule has 5 aromatic rings. The molecule has 4 heterocycles. The van der Waals surface area contributed by atoms with Crippen molar-refractivity contribution in [3.63, 3.8) is 0 Å². The molecule has 0 aliphatic carbocycles. The van der Waals surface area contributed by atoms with Gasteiger partial charge in [-0.2, -0.15) is 0 Å². The highest BCUT2D eigenvalue weighted by atomic mass is 32.1. The highest BCUT2D eigenvalue weighted by Gasteiger charge is 2.23. The van der Waals surface area contributed by atoms with E-state index in [0.29, 0.717) is 5.92 Å². The van der Waals surface area contributed by atoms with Gasteiger partial charge in [-0.3, -0.25) is 14.1 Å². The Hall–Kier alpha value is -3.22.